The summed E-state index contributed by atoms with van der Waals surface area (Å²) in [4.78, 5) is 28.6. The molecule has 1 aromatic carbocycles. The smallest absolute Gasteiger partial charge is 0.311 e. The van der Waals surface area contributed by atoms with Gasteiger partial charge in [0.05, 0.1) is 23.6 Å². The van der Waals surface area contributed by atoms with Gasteiger partial charge in [0.1, 0.15) is 6.04 Å². The molecule has 1 amide bonds. The van der Waals surface area contributed by atoms with E-state index in [0.717, 1.165) is 0 Å². The van der Waals surface area contributed by atoms with Gasteiger partial charge in [-0.1, -0.05) is 11.6 Å². The van der Waals surface area contributed by atoms with E-state index < -0.39 is 27.9 Å². The second-order valence-electron chi connectivity index (χ2n) is 6.34. The number of thiazole rings is 1. The third-order valence-electron chi connectivity index (χ3n) is 4.34. The van der Waals surface area contributed by atoms with Crippen molar-refractivity contribution in [1.82, 2.24) is 9.29 Å². The van der Waals surface area contributed by atoms with Crippen molar-refractivity contribution in [2.45, 2.75) is 37.1 Å². The van der Waals surface area contributed by atoms with Crippen LogP contribution in [0.15, 0.2) is 34.5 Å². The quantitative estimate of drug-likeness (QED) is 0.641. The molecule has 1 fully saturated rings. The molecule has 1 atom stereocenters. The number of nitrogens with zero attached hydrogens (tertiary/aromatic N) is 2. The topological polar surface area (TPSA) is 106 Å². The third-order valence-corrected chi connectivity index (χ3v) is 7.32. The standard InChI is InChI=1S/C18H20ClN3O5S2/c1-2-27-16(23)10-13-11-28-18(20-13)21-17(24)15-4-3-9-22(15)29(25,26)14-7-5-12(19)6-8-14/h5-8,11,15H,2-4,9-10H2,1H3,(H,20,21,24)/t15-/m0/s1. The van der Waals surface area contributed by atoms with Crippen LogP contribution >= 0.6 is 22.9 Å². The maximum atomic E-state index is 12.9. The van der Waals surface area contributed by atoms with Gasteiger partial charge in [0.15, 0.2) is 5.13 Å². The van der Waals surface area contributed by atoms with Gasteiger partial charge in [0, 0.05) is 16.9 Å². The van der Waals surface area contributed by atoms with Gasteiger partial charge < -0.3 is 10.1 Å². The first kappa shape index (κ1) is 21.7. The molecule has 0 bridgehead atoms. The van der Waals surface area contributed by atoms with E-state index in [1.54, 1.807) is 12.3 Å². The van der Waals surface area contributed by atoms with Crippen molar-refractivity contribution >= 4 is 50.0 Å². The van der Waals surface area contributed by atoms with Crippen LogP contribution in [0.5, 0.6) is 0 Å². The molecule has 1 aliphatic heterocycles. The highest BCUT2D eigenvalue weighted by molar-refractivity contribution is 7.89. The SMILES string of the molecule is CCOC(=O)Cc1csc(NC(=O)[C@@H]2CCCN2S(=O)(=O)c2ccc(Cl)cc2)n1. The van der Waals surface area contributed by atoms with Crippen molar-refractivity contribution in [2.24, 2.45) is 0 Å². The maximum absolute atomic E-state index is 12.9. The van der Waals surface area contributed by atoms with Crippen molar-refractivity contribution in [3.63, 3.8) is 0 Å². The molecule has 0 spiro atoms. The molecule has 3 rings (SSSR count). The summed E-state index contributed by atoms with van der Waals surface area (Å²) < 4.78 is 32.0. The number of halogens is 1. The zero-order valence-corrected chi connectivity index (χ0v) is 18.0. The van der Waals surface area contributed by atoms with Crippen LogP contribution < -0.4 is 5.32 Å². The fourth-order valence-electron chi connectivity index (χ4n) is 3.03. The van der Waals surface area contributed by atoms with E-state index >= 15 is 0 Å². The largest absolute Gasteiger partial charge is 0.466 e. The molecule has 156 valence electrons. The monoisotopic (exact) mass is 457 g/mol. The Kier molecular flexibility index (Phi) is 6.89. The van der Waals surface area contributed by atoms with Crippen molar-refractivity contribution in [1.29, 1.82) is 0 Å². The average Bonchev–Trinajstić information content (AvgIpc) is 3.32. The van der Waals surface area contributed by atoms with Gasteiger partial charge in [0.25, 0.3) is 0 Å². The number of carbonyl (C=O) groups is 2. The Hall–Kier alpha value is -2.01. The van der Waals surface area contributed by atoms with Gasteiger partial charge in [0.2, 0.25) is 15.9 Å². The number of aromatic nitrogens is 1. The van der Waals surface area contributed by atoms with Crippen molar-refractivity contribution in [2.75, 3.05) is 18.5 Å². The fourth-order valence-corrected chi connectivity index (χ4v) is 5.52. The molecule has 0 unspecified atom stereocenters. The fraction of sp³-hybridized carbons (Fsp3) is 0.389. The van der Waals surface area contributed by atoms with Crippen LogP contribution in [0.3, 0.4) is 0 Å². The van der Waals surface area contributed by atoms with Crippen LogP contribution in [-0.4, -0.2) is 48.8 Å². The van der Waals surface area contributed by atoms with Crippen LogP contribution in [0.2, 0.25) is 5.02 Å². The summed E-state index contributed by atoms with van der Waals surface area (Å²) in [6.45, 7) is 2.26. The first-order valence-corrected chi connectivity index (χ1v) is 11.7. The number of nitrogens with one attached hydrogen (secondary N) is 1. The lowest BCUT2D eigenvalue weighted by Gasteiger charge is -2.23. The second-order valence-corrected chi connectivity index (χ2v) is 9.53. The summed E-state index contributed by atoms with van der Waals surface area (Å²) in [6.07, 6.45) is 1.01. The summed E-state index contributed by atoms with van der Waals surface area (Å²) in [7, 11) is -3.82. The Balaban J connectivity index is 1.70. The van der Waals surface area contributed by atoms with Gasteiger partial charge in [-0.2, -0.15) is 4.31 Å². The van der Waals surface area contributed by atoms with E-state index in [9.17, 15) is 18.0 Å². The third kappa shape index (κ3) is 5.13. The zero-order chi connectivity index (χ0) is 21.0. The van der Waals surface area contributed by atoms with Gasteiger partial charge in [-0.05, 0) is 44.0 Å². The summed E-state index contributed by atoms with van der Waals surface area (Å²) in [5.74, 6) is -0.844. The predicted molar refractivity (Wildman–Crippen MR) is 109 cm³/mol. The number of carbonyl (C=O) groups excluding carboxylic acids is 2. The summed E-state index contributed by atoms with van der Waals surface area (Å²) in [5.41, 5.74) is 0.487. The number of anilines is 1. The number of benzene rings is 1. The minimum absolute atomic E-state index is 0.0146. The number of hydrogen-bond donors (Lipinski definition) is 1. The Morgan fingerprint density at radius 3 is 2.76 bits per heavy atom. The van der Waals surface area contributed by atoms with E-state index in [0.29, 0.717) is 28.7 Å². The molecule has 29 heavy (non-hydrogen) atoms. The Labute approximate surface area is 177 Å². The molecule has 11 heteroatoms. The summed E-state index contributed by atoms with van der Waals surface area (Å²) >= 11 is 7.00. The number of sulfonamides is 1. The lowest BCUT2D eigenvalue weighted by Crippen LogP contribution is -2.43. The zero-order valence-electron chi connectivity index (χ0n) is 15.6. The molecule has 1 aliphatic rings. The molecule has 0 saturated carbocycles. The summed E-state index contributed by atoms with van der Waals surface area (Å²) in [5, 5.41) is 5.06. The van der Waals surface area contributed by atoms with Gasteiger partial charge in [-0.15, -0.1) is 11.3 Å². The highest BCUT2D eigenvalue weighted by Gasteiger charge is 2.39. The lowest BCUT2D eigenvalue weighted by molar-refractivity contribution is -0.142. The molecule has 2 aromatic rings. The van der Waals surface area contributed by atoms with E-state index in [2.05, 4.69) is 10.3 Å². The van der Waals surface area contributed by atoms with Gasteiger partial charge in [-0.25, -0.2) is 13.4 Å². The molecule has 8 nitrogen and oxygen atoms in total. The van der Waals surface area contributed by atoms with Crippen LogP contribution in [0.4, 0.5) is 5.13 Å². The highest BCUT2D eigenvalue weighted by atomic mass is 35.5. The molecule has 1 N–H and O–H groups in total. The minimum Gasteiger partial charge on any atom is -0.466 e. The highest BCUT2D eigenvalue weighted by Crippen LogP contribution is 2.28. The lowest BCUT2D eigenvalue weighted by atomic mass is 10.2. The van der Waals surface area contributed by atoms with Crippen LogP contribution in [-0.2, 0) is 30.8 Å². The average molecular weight is 458 g/mol. The van der Waals surface area contributed by atoms with E-state index in [1.165, 1.54) is 39.9 Å². The van der Waals surface area contributed by atoms with Gasteiger partial charge >= 0.3 is 5.97 Å². The van der Waals surface area contributed by atoms with Crippen molar-refractivity contribution < 1.29 is 22.7 Å². The Morgan fingerprint density at radius 1 is 1.34 bits per heavy atom. The number of amides is 1. The van der Waals surface area contributed by atoms with Crippen molar-refractivity contribution in [3.05, 3.63) is 40.4 Å². The number of ether oxygens (including phenoxy) is 1. The molecule has 0 aliphatic carbocycles. The van der Waals surface area contributed by atoms with E-state index in [4.69, 9.17) is 16.3 Å². The van der Waals surface area contributed by atoms with E-state index in [1.807, 2.05) is 0 Å². The second kappa shape index (κ2) is 9.21. The number of esters is 1. The Morgan fingerprint density at radius 2 is 2.07 bits per heavy atom. The van der Waals surface area contributed by atoms with E-state index in [-0.39, 0.29) is 24.5 Å². The Bertz CT molecular complexity index is 991. The number of rotatable bonds is 7. The maximum Gasteiger partial charge on any atom is 0.311 e. The van der Waals surface area contributed by atoms with Gasteiger partial charge in [-0.3, -0.25) is 9.59 Å². The minimum atomic E-state index is -3.82. The number of hydrogen-bond acceptors (Lipinski definition) is 7. The molecule has 0 radical (unpaired) electrons. The molecule has 1 saturated heterocycles. The first-order valence-electron chi connectivity index (χ1n) is 8.99. The molecular formula is C18H20ClN3O5S2. The van der Waals surface area contributed by atoms with Crippen LogP contribution in [0.25, 0.3) is 0 Å². The normalized spacial score (nSPS) is 17.2. The molecular weight excluding hydrogens is 438 g/mol. The predicted octanol–water partition coefficient (Wildman–Crippen LogP) is 2.69. The van der Waals surface area contributed by atoms with Crippen LogP contribution in [0, 0.1) is 0 Å². The summed E-state index contributed by atoms with van der Waals surface area (Å²) in [6, 6.07) is 5.02. The first-order chi connectivity index (χ1) is 13.8. The molecule has 1 aromatic heterocycles. The molecule has 2 heterocycles. The van der Waals surface area contributed by atoms with Crippen molar-refractivity contribution in [3.8, 4) is 0 Å². The van der Waals surface area contributed by atoms with Crippen LogP contribution in [0.1, 0.15) is 25.5 Å².